The summed E-state index contributed by atoms with van der Waals surface area (Å²) in [6, 6.07) is 118. The quantitative estimate of drug-likeness (QED) is 0.144. The van der Waals surface area contributed by atoms with Gasteiger partial charge in [-0.15, -0.1) is 0 Å². The van der Waals surface area contributed by atoms with Gasteiger partial charge in [0, 0.05) is 104 Å². The molecule has 15 aromatic carbocycles. The number of para-hydroxylation sites is 6. The highest BCUT2D eigenvalue weighted by atomic mass is 16.3. The largest absolute Gasteiger partial charge is 0.456 e. The highest BCUT2D eigenvalue weighted by molar-refractivity contribution is 6.14. The summed E-state index contributed by atoms with van der Waals surface area (Å²) in [4.78, 5) is 11.2. The molecule has 0 saturated heterocycles. The lowest BCUT2D eigenvalue weighted by Crippen LogP contribution is -2.24. The van der Waals surface area contributed by atoms with Gasteiger partial charge in [-0.05, 0) is 197 Å². The highest BCUT2D eigenvalue weighted by Gasteiger charge is 2.23. The van der Waals surface area contributed by atoms with Crippen molar-refractivity contribution >= 4 is 143 Å². The Morgan fingerprint density at radius 3 is 1.25 bits per heavy atom. The van der Waals surface area contributed by atoms with E-state index >= 15 is 0 Å². The lowest BCUT2D eigenvalue weighted by atomic mass is 9.91. The van der Waals surface area contributed by atoms with E-state index in [4.69, 9.17) is 23.2 Å². The first kappa shape index (κ1) is 58.6. The second-order valence-electron chi connectivity index (χ2n) is 28.3. The van der Waals surface area contributed by atoms with Crippen molar-refractivity contribution in [1.29, 1.82) is 0 Å². The van der Waals surface area contributed by atoms with Crippen LogP contribution in [0.3, 0.4) is 0 Å². The van der Waals surface area contributed by atoms with Gasteiger partial charge in [0.05, 0.1) is 44.5 Å². The molecule has 1 unspecified atom stereocenters. The molecular weight excluding hydrogens is 1300 g/mol. The second kappa shape index (κ2) is 22.7. The first-order valence-electron chi connectivity index (χ1n) is 36.2. The Kier molecular flexibility index (Phi) is 12.5. The molecule has 0 fully saturated rings. The van der Waals surface area contributed by atoms with Crippen molar-refractivity contribution in [3.8, 4) is 73.2 Å². The SMILES string of the molecule is C1=c2oc3ccccc3c2=CCC1c1ccc2c(c1)c1ccccc1n2-c1cccc(-c2cc(-c3cccc(-n4c5ccccc5c5cc(-c6ccc7c(c6)oc6ccccc67)ccc54)c3)nc(-c3ccc4cc(-n5c6ccccc6c6cc(-c7ccc8c(c7)oc7ccccc78)ccc65)ccc4c3)n2)c1. The maximum Gasteiger partial charge on any atom is 0.160 e. The molecule has 0 aliphatic heterocycles. The molecule has 1 atom stereocenters. The minimum Gasteiger partial charge on any atom is -0.456 e. The molecule has 8 nitrogen and oxygen atoms in total. The Hall–Kier alpha value is -14.1. The van der Waals surface area contributed by atoms with Crippen molar-refractivity contribution in [3.63, 3.8) is 0 Å². The molecule has 1 aliphatic carbocycles. The molecule has 22 aromatic rings. The number of furan rings is 3. The van der Waals surface area contributed by atoms with Gasteiger partial charge < -0.3 is 27.0 Å². The molecule has 7 aromatic heterocycles. The maximum absolute atomic E-state index is 6.43. The zero-order chi connectivity index (χ0) is 69.2. The van der Waals surface area contributed by atoms with Crippen molar-refractivity contribution in [2.24, 2.45) is 0 Å². The summed E-state index contributed by atoms with van der Waals surface area (Å²) in [7, 11) is 0. The fourth-order valence-corrected chi connectivity index (χ4v) is 17.3. The zero-order valence-electron chi connectivity index (χ0n) is 57.1. The standard InChI is InChI=1S/C98H59N5O3/c1-7-25-86-72(19-1)81-51-60(63-34-41-78-75-22-4-10-28-92(75)104-95(78)54-63)37-44-89(81)101(86)69-17-13-15-66(49-69)84-57-85(67-16-14-18-70(50-67)102-87-26-8-2-20-73(87)82-52-61(38-45-90(82)102)64-35-42-79-76-23-5-11-29-93(76)105-96(79)55-64)100-98(99-84)68-32-31-59-48-71(40-33-58(59)47-68)103-88-27-9-3-21-74(88)83-53-62(39-46-91(83)103)65-36-43-80-77-24-6-12-30-94(77)106-97(80)56-65/h1-34,36-57,64H,35H2. The van der Waals surface area contributed by atoms with E-state index in [9.17, 15) is 0 Å². The lowest BCUT2D eigenvalue weighted by molar-refractivity contribution is 0.569. The molecule has 0 spiro atoms. The van der Waals surface area contributed by atoms with Gasteiger partial charge >= 0.3 is 0 Å². The van der Waals surface area contributed by atoms with E-state index in [0.29, 0.717) is 5.82 Å². The zero-order valence-corrected chi connectivity index (χ0v) is 57.1. The van der Waals surface area contributed by atoms with Gasteiger partial charge in [0.2, 0.25) is 0 Å². The van der Waals surface area contributed by atoms with Crippen LogP contribution >= 0.6 is 0 Å². The van der Waals surface area contributed by atoms with Crippen molar-refractivity contribution in [3.05, 3.63) is 344 Å². The summed E-state index contributed by atoms with van der Waals surface area (Å²) in [6.45, 7) is 0. The number of benzene rings is 15. The van der Waals surface area contributed by atoms with Crippen molar-refractivity contribution < 1.29 is 13.3 Å². The maximum atomic E-state index is 6.43. The van der Waals surface area contributed by atoms with E-state index in [0.717, 1.165) is 173 Å². The normalized spacial score (nSPS) is 13.3. The Balaban J connectivity index is 0.643. The van der Waals surface area contributed by atoms with Crippen LogP contribution in [0, 0.1) is 0 Å². The molecule has 0 amide bonds. The first-order chi connectivity index (χ1) is 52.5. The predicted molar refractivity (Wildman–Crippen MR) is 436 cm³/mol. The van der Waals surface area contributed by atoms with E-state index in [2.05, 4.69) is 323 Å². The van der Waals surface area contributed by atoms with Crippen molar-refractivity contribution in [1.82, 2.24) is 23.7 Å². The Bertz CT molecular complexity index is 7660. The minimum atomic E-state index is 0.177. The van der Waals surface area contributed by atoms with E-state index in [-0.39, 0.29) is 5.92 Å². The van der Waals surface area contributed by atoms with E-state index in [1.165, 1.54) is 48.5 Å². The number of aromatic nitrogens is 5. The molecule has 0 bridgehead atoms. The summed E-state index contributed by atoms with van der Waals surface area (Å²) in [6.07, 6.45) is 5.56. The van der Waals surface area contributed by atoms with Crippen LogP contribution in [0.1, 0.15) is 17.9 Å². The summed E-state index contributed by atoms with van der Waals surface area (Å²) < 4.78 is 26.4. The molecule has 106 heavy (non-hydrogen) atoms. The van der Waals surface area contributed by atoms with Crippen LogP contribution in [0.4, 0.5) is 0 Å². The van der Waals surface area contributed by atoms with Crippen LogP contribution in [0.25, 0.3) is 216 Å². The fraction of sp³-hybridized carbons (Fsp3) is 0.0204. The van der Waals surface area contributed by atoms with Crippen LogP contribution in [-0.4, -0.2) is 23.7 Å². The Morgan fingerprint density at radius 1 is 0.264 bits per heavy atom. The van der Waals surface area contributed by atoms with Crippen LogP contribution in [-0.2, 0) is 0 Å². The molecular formula is C98H59N5O3. The average Bonchev–Trinajstić information content (AvgIpc) is 1.58. The third-order valence-corrected chi connectivity index (χ3v) is 22.4. The first-order valence-corrected chi connectivity index (χ1v) is 36.2. The molecule has 23 rings (SSSR count). The van der Waals surface area contributed by atoms with Gasteiger partial charge in [0.15, 0.2) is 5.82 Å². The number of fused-ring (bicyclic) bond motifs is 19. The van der Waals surface area contributed by atoms with E-state index < -0.39 is 0 Å². The Labute approximate surface area is 605 Å². The Morgan fingerprint density at radius 2 is 0.689 bits per heavy atom. The monoisotopic (exact) mass is 1350 g/mol. The average molecular weight is 1350 g/mol. The van der Waals surface area contributed by atoms with Crippen LogP contribution in [0.2, 0.25) is 0 Å². The smallest absolute Gasteiger partial charge is 0.160 e. The lowest BCUT2D eigenvalue weighted by Gasteiger charge is -2.15. The van der Waals surface area contributed by atoms with Gasteiger partial charge in [0.1, 0.15) is 33.3 Å². The summed E-state index contributed by atoms with van der Waals surface area (Å²) in [5, 5.41) is 16.2. The van der Waals surface area contributed by atoms with Crippen LogP contribution < -0.4 is 10.6 Å². The van der Waals surface area contributed by atoms with Gasteiger partial charge in [-0.3, -0.25) is 0 Å². The van der Waals surface area contributed by atoms with E-state index in [1.54, 1.807) is 0 Å². The molecule has 0 radical (unpaired) electrons. The number of hydrogen-bond acceptors (Lipinski definition) is 5. The predicted octanol–water partition coefficient (Wildman–Crippen LogP) is 24.5. The summed E-state index contributed by atoms with van der Waals surface area (Å²) in [5.74, 6) is 0.810. The second-order valence-corrected chi connectivity index (χ2v) is 28.3. The van der Waals surface area contributed by atoms with Crippen LogP contribution in [0.15, 0.2) is 341 Å². The highest BCUT2D eigenvalue weighted by Crippen LogP contribution is 2.43. The van der Waals surface area contributed by atoms with Gasteiger partial charge in [-0.25, -0.2) is 9.97 Å². The van der Waals surface area contributed by atoms with Crippen molar-refractivity contribution in [2.45, 2.75) is 12.3 Å². The van der Waals surface area contributed by atoms with Gasteiger partial charge in [-0.2, -0.15) is 0 Å². The minimum absolute atomic E-state index is 0.177. The van der Waals surface area contributed by atoms with Crippen molar-refractivity contribution in [2.75, 3.05) is 0 Å². The molecule has 7 heterocycles. The molecule has 8 heteroatoms. The number of rotatable bonds is 9. The third-order valence-electron chi connectivity index (χ3n) is 22.4. The fourth-order valence-electron chi connectivity index (χ4n) is 17.3. The third kappa shape index (κ3) is 9.07. The molecule has 0 N–H and O–H groups in total. The van der Waals surface area contributed by atoms with Crippen LogP contribution in [0.5, 0.6) is 0 Å². The van der Waals surface area contributed by atoms with Gasteiger partial charge in [0.25, 0.3) is 0 Å². The van der Waals surface area contributed by atoms with E-state index in [1.807, 2.05) is 30.3 Å². The molecule has 1 aliphatic rings. The molecule has 494 valence electrons. The number of hydrogen-bond donors (Lipinski definition) is 0. The number of nitrogens with zero attached hydrogens (tertiary/aromatic N) is 5. The summed E-state index contributed by atoms with van der Waals surface area (Å²) in [5.41, 5.74) is 25.6. The topological polar surface area (TPSA) is 80.0 Å². The van der Waals surface area contributed by atoms with Gasteiger partial charge in [-0.1, -0.05) is 188 Å². The molecule has 0 saturated carbocycles. The summed E-state index contributed by atoms with van der Waals surface area (Å²) >= 11 is 0.